The predicted molar refractivity (Wildman–Crippen MR) is 51.6 cm³/mol. The van der Waals surface area contributed by atoms with Gasteiger partial charge in [-0.1, -0.05) is 31.9 Å². The smallest absolute Gasteiger partial charge is 0.409 e. The molecule has 0 atom stereocenters. The minimum atomic E-state index is -0.274. The summed E-state index contributed by atoms with van der Waals surface area (Å²) in [6.45, 7) is 1.36. The third kappa shape index (κ3) is 4.63. The fraction of sp³-hybridized carbons (Fsp3) is 0.833. The maximum atomic E-state index is 11.0. The van der Waals surface area contributed by atoms with Gasteiger partial charge >= 0.3 is 6.09 Å². The van der Waals surface area contributed by atoms with Gasteiger partial charge in [-0.05, 0) is 0 Å². The third-order valence-corrected chi connectivity index (χ3v) is 1.85. The Morgan fingerprint density at radius 2 is 1.82 bits per heavy atom. The van der Waals surface area contributed by atoms with Crippen molar-refractivity contribution < 1.29 is 9.53 Å². The second kappa shape index (κ2) is 6.91. The molecule has 0 unspecified atom stereocenters. The predicted octanol–water partition coefficient (Wildman–Crippen LogP) is 1.84. The summed E-state index contributed by atoms with van der Waals surface area (Å²) in [5.74, 6) is 0. The van der Waals surface area contributed by atoms with Crippen LogP contribution < -0.4 is 0 Å². The van der Waals surface area contributed by atoms with Crippen LogP contribution in [-0.2, 0) is 4.74 Å². The first-order valence-corrected chi connectivity index (χ1v) is 5.45. The summed E-state index contributed by atoms with van der Waals surface area (Å²) in [6, 6.07) is 0. The zero-order valence-corrected chi connectivity index (χ0v) is 9.52. The van der Waals surface area contributed by atoms with Crippen molar-refractivity contribution in [3.63, 3.8) is 0 Å². The van der Waals surface area contributed by atoms with E-state index in [1.807, 2.05) is 0 Å². The van der Waals surface area contributed by atoms with Gasteiger partial charge in [-0.3, -0.25) is 0 Å². The van der Waals surface area contributed by atoms with E-state index in [0.29, 0.717) is 13.1 Å². The molecule has 0 aromatic carbocycles. The maximum Gasteiger partial charge on any atom is 0.409 e. The molecule has 0 saturated carbocycles. The van der Waals surface area contributed by atoms with Crippen molar-refractivity contribution in [1.29, 1.82) is 0 Å². The van der Waals surface area contributed by atoms with Crippen LogP contribution in [0.1, 0.15) is 0 Å². The fourth-order valence-electron chi connectivity index (χ4n) is 0.628. The fourth-order valence-corrected chi connectivity index (χ4v) is 1.48. The van der Waals surface area contributed by atoms with E-state index in [1.165, 1.54) is 7.11 Å². The van der Waals surface area contributed by atoms with E-state index in [4.69, 9.17) is 0 Å². The molecule has 0 fully saturated rings. The minimum Gasteiger partial charge on any atom is -0.453 e. The van der Waals surface area contributed by atoms with Gasteiger partial charge in [0.2, 0.25) is 0 Å². The Morgan fingerprint density at radius 3 is 2.09 bits per heavy atom. The van der Waals surface area contributed by atoms with E-state index in [-0.39, 0.29) is 6.09 Å². The molecule has 0 N–H and O–H groups in total. The molecular weight excluding hydrogens is 278 g/mol. The van der Waals surface area contributed by atoms with Gasteiger partial charge in [-0.15, -0.1) is 0 Å². The lowest BCUT2D eigenvalue weighted by Gasteiger charge is -2.18. The molecule has 1 amide bonds. The molecule has 0 rings (SSSR count). The van der Waals surface area contributed by atoms with Crippen molar-refractivity contribution in [2.45, 2.75) is 0 Å². The third-order valence-electron chi connectivity index (χ3n) is 1.14. The highest BCUT2D eigenvalue weighted by Crippen LogP contribution is 1.96. The molecular formula is C6H11Br2NO2. The van der Waals surface area contributed by atoms with Gasteiger partial charge in [0, 0.05) is 23.7 Å². The lowest BCUT2D eigenvalue weighted by Crippen LogP contribution is -2.34. The molecule has 0 aliphatic rings. The Labute approximate surface area is 83.3 Å². The number of nitrogens with zero attached hydrogens (tertiary/aromatic N) is 1. The zero-order valence-electron chi connectivity index (χ0n) is 6.35. The van der Waals surface area contributed by atoms with E-state index in [1.54, 1.807) is 4.90 Å². The number of halogens is 2. The quantitative estimate of drug-likeness (QED) is 0.739. The summed E-state index contributed by atoms with van der Waals surface area (Å²) in [7, 11) is 1.39. The SMILES string of the molecule is COC(=O)N(CCBr)CCBr. The van der Waals surface area contributed by atoms with E-state index in [2.05, 4.69) is 36.6 Å². The standard InChI is InChI=1S/C6H11Br2NO2/c1-11-6(10)9(4-2-7)5-3-8/h2-5H2,1H3. The maximum absolute atomic E-state index is 11.0. The normalized spacial score (nSPS) is 9.36. The number of methoxy groups -OCH3 is 1. The molecule has 0 saturated heterocycles. The highest BCUT2D eigenvalue weighted by Gasteiger charge is 2.10. The number of ether oxygens (including phenoxy) is 1. The second-order valence-corrected chi connectivity index (χ2v) is 3.42. The van der Waals surface area contributed by atoms with Gasteiger partial charge in [0.15, 0.2) is 0 Å². The highest BCUT2D eigenvalue weighted by molar-refractivity contribution is 9.09. The first kappa shape index (κ1) is 11.2. The molecule has 0 aliphatic heterocycles. The van der Waals surface area contributed by atoms with Crippen molar-refractivity contribution in [1.82, 2.24) is 4.90 Å². The highest BCUT2D eigenvalue weighted by atomic mass is 79.9. The first-order chi connectivity index (χ1) is 5.26. The summed E-state index contributed by atoms with van der Waals surface area (Å²) in [5.41, 5.74) is 0. The average molecular weight is 289 g/mol. The molecule has 0 aromatic rings. The Bertz CT molecular complexity index is 115. The van der Waals surface area contributed by atoms with Gasteiger partial charge in [-0.2, -0.15) is 0 Å². The van der Waals surface area contributed by atoms with E-state index in [9.17, 15) is 4.79 Å². The Morgan fingerprint density at radius 1 is 1.36 bits per heavy atom. The number of alkyl halides is 2. The first-order valence-electron chi connectivity index (χ1n) is 3.21. The van der Waals surface area contributed by atoms with Gasteiger partial charge in [0.1, 0.15) is 0 Å². The molecule has 5 heteroatoms. The van der Waals surface area contributed by atoms with Crippen molar-refractivity contribution in [3.8, 4) is 0 Å². The summed E-state index contributed by atoms with van der Waals surface area (Å²) in [6.07, 6.45) is -0.274. The van der Waals surface area contributed by atoms with Crippen LogP contribution in [0.4, 0.5) is 4.79 Å². The molecule has 0 aliphatic carbocycles. The Kier molecular flexibility index (Phi) is 7.06. The molecule has 11 heavy (non-hydrogen) atoms. The number of carbonyl (C=O) groups is 1. The Hall–Kier alpha value is 0.230. The molecule has 66 valence electrons. The summed E-state index contributed by atoms with van der Waals surface area (Å²) >= 11 is 6.51. The van der Waals surface area contributed by atoms with Crippen LogP contribution >= 0.6 is 31.9 Å². The van der Waals surface area contributed by atoms with Crippen LogP contribution in [0.5, 0.6) is 0 Å². The van der Waals surface area contributed by atoms with Crippen molar-refractivity contribution in [2.75, 3.05) is 30.9 Å². The van der Waals surface area contributed by atoms with Crippen LogP contribution in [0.25, 0.3) is 0 Å². The summed E-state index contributed by atoms with van der Waals surface area (Å²) in [4.78, 5) is 12.6. The molecule has 0 spiro atoms. The number of carbonyl (C=O) groups excluding carboxylic acids is 1. The van der Waals surface area contributed by atoms with Gasteiger partial charge < -0.3 is 9.64 Å². The largest absolute Gasteiger partial charge is 0.453 e. The van der Waals surface area contributed by atoms with Gasteiger partial charge in [0.25, 0.3) is 0 Å². The van der Waals surface area contributed by atoms with Crippen LogP contribution in [-0.4, -0.2) is 41.9 Å². The molecule has 0 heterocycles. The van der Waals surface area contributed by atoms with E-state index >= 15 is 0 Å². The molecule has 0 aromatic heterocycles. The number of amides is 1. The molecule has 3 nitrogen and oxygen atoms in total. The lowest BCUT2D eigenvalue weighted by atomic mass is 10.6. The summed E-state index contributed by atoms with van der Waals surface area (Å²) < 4.78 is 4.56. The van der Waals surface area contributed by atoms with Crippen molar-refractivity contribution >= 4 is 38.0 Å². The van der Waals surface area contributed by atoms with E-state index < -0.39 is 0 Å². The van der Waals surface area contributed by atoms with Crippen LogP contribution in [0.3, 0.4) is 0 Å². The number of hydrogen-bond acceptors (Lipinski definition) is 2. The van der Waals surface area contributed by atoms with Gasteiger partial charge in [0.05, 0.1) is 7.11 Å². The van der Waals surface area contributed by atoms with Gasteiger partial charge in [-0.25, -0.2) is 4.79 Å². The summed E-state index contributed by atoms with van der Waals surface area (Å²) in [5, 5.41) is 1.55. The van der Waals surface area contributed by atoms with Crippen LogP contribution in [0.2, 0.25) is 0 Å². The zero-order chi connectivity index (χ0) is 8.69. The topological polar surface area (TPSA) is 29.5 Å². The lowest BCUT2D eigenvalue weighted by molar-refractivity contribution is 0.129. The molecule has 0 radical (unpaired) electrons. The average Bonchev–Trinajstić information content (AvgIpc) is 2.03. The number of rotatable bonds is 4. The Balaban J connectivity index is 3.76. The minimum absolute atomic E-state index is 0.274. The van der Waals surface area contributed by atoms with E-state index in [0.717, 1.165) is 10.7 Å². The van der Waals surface area contributed by atoms with Crippen LogP contribution in [0, 0.1) is 0 Å². The number of hydrogen-bond donors (Lipinski definition) is 0. The molecule has 0 bridgehead atoms. The second-order valence-electron chi connectivity index (χ2n) is 1.84. The van der Waals surface area contributed by atoms with Crippen LogP contribution in [0.15, 0.2) is 0 Å². The van der Waals surface area contributed by atoms with Crippen molar-refractivity contribution in [2.24, 2.45) is 0 Å². The van der Waals surface area contributed by atoms with Crippen molar-refractivity contribution in [3.05, 3.63) is 0 Å². The monoisotopic (exact) mass is 287 g/mol.